The third-order valence-electron chi connectivity index (χ3n) is 5.04. The summed E-state index contributed by atoms with van der Waals surface area (Å²) in [6.45, 7) is 4.20. The first kappa shape index (κ1) is 21.0. The normalized spacial score (nSPS) is 13.1. The SMILES string of the molecule is COc1ccc([C@@H](NC(=O)C[C@@H](c2ccsc2)n2cccc2)C(C)C)cc1OC. The van der Waals surface area contributed by atoms with Crippen molar-refractivity contribution in [2.24, 2.45) is 5.92 Å². The van der Waals surface area contributed by atoms with Crippen LogP contribution in [0.5, 0.6) is 11.5 Å². The van der Waals surface area contributed by atoms with E-state index < -0.39 is 0 Å². The van der Waals surface area contributed by atoms with Gasteiger partial charge in [0, 0.05) is 12.4 Å². The lowest BCUT2D eigenvalue weighted by molar-refractivity contribution is -0.122. The van der Waals surface area contributed by atoms with Crippen LogP contribution in [0.1, 0.15) is 43.5 Å². The lowest BCUT2D eigenvalue weighted by Gasteiger charge is -2.25. The number of carbonyl (C=O) groups excluding carboxylic acids is 1. The minimum atomic E-state index is -0.116. The lowest BCUT2D eigenvalue weighted by atomic mass is 9.95. The Morgan fingerprint density at radius 1 is 1.07 bits per heavy atom. The summed E-state index contributed by atoms with van der Waals surface area (Å²) in [6.07, 6.45) is 4.38. The summed E-state index contributed by atoms with van der Waals surface area (Å²) in [4.78, 5) is 13.0. The van der Waals surface area contributed by atoms with E-state index in [4.69, 9.17) is 9.47 Å². The molecule has 29 heavy (non-hydrogen) atoms. The van der Waals surface area contributed by atoms with Crippen LogP contribution in [0.15, 0.2) is 59.6 Å². The molecule has 2 atom stereocenters. The van der Waals surface area contributed by atoms with Gasteiger partial charge >= 0.3 is 0 Å². The van der Waals surface area contributed by atoms with Crippen molar-refractivity contribution in [3.05, 3.63) is 70.7 Å². The molecule has 1 aromatic carbocycles. The molecular formula is C23H28N2O3S. The summed E-state index contributed by atoms with van der Waals surface area (Å²) in [5.74, 6) is 1.58. The molecule has 0 aliphatic rings. The number of carbonyl (C=O) groups is 1. The molecule has 5 nitrogen and oxygen atoms in total. The zero-order valence-electron chi connectivity index (χ0n) is 17.3. The number of ether oxygens (including phenoxy) is 2. The van der Waals surface area contributed by atoms with Gasteiger partial charge in [0.25, 0.3) is 0 Å². The minimum absolute atomic E-state index is 0.0170. The van der Waals surface area contributed by atoms with Crippen molar-refractivity contribution in [3.63, 3.8) is 0 Å². The van der Waals surface area contributed by atoms with Crippen molar-refractivity contribution in [3.8, 4) is 11.5 Å². The molecule has 3 rings (SSSR count). The molecule has 0 aliphatic heterocycles. The fraction of sp³-hybridized carbons (Fsp3) is 0.348. The van der Waals surface area contributed by atoms with Gasteiger partial charge in [-0.05, 0) is 58.1 Å². The lowest BCUT2D eigenvalue weighted by Crippen LogP contribution is -2.33. The summed E-state index contributed by atoms with van der Waals surface area (Å²) in [7, 11) is 3.23. The van der Waals surface area contributed by atoms with E-state index in [1.807, 2.05) is 48.1 Å². The van der Waals surface area contributed by atoms with E-state index in [2.05, 4.69) is 35.2 Å². The highest BCUT2D eigenvalue weighted by molar-refractivity contribution is 7.08. The molecule has 0 saturated carbocycles. The number of methoxy groups -OCH3 is 2. The van der Waals surface area contributed by atoms with Gasteiger partial charge in [0.2, 0.25) is 5.91 Å². The number of benzene rings is 1. The van der Waals surface area contributed by atoms with Crippen molar-refractivity contribution in [1.29, 1.82) is 0 Å². The van der Waals surface area contributed by atoms with E-state index >= 15 is 0 Å². The highest BCUT2D eigenvalue weighted by Crippen LogP contribution is 2.33. The molecule has 0 radical (unpaired) electrons. The van der Waals surface area contributed by atoms with Crippen LogP contribution in [0.4, 0.5) is 0 Å². The molecule has 1 N–H and O–H groups in total. The Hall–Kier alpha value is -2.73. The van der Waals surface area contributed by atoms with Crippen molar-refractivity contribution in [1.82, 2.24) is 9.88 Å². The zero-order chi connectivity index (χ0) is 20.8. The summed E-state index contributed by atoms with van der Waals surface area (Å²) < 4.78 is 12.9. The van der Waals surface area contributed by atoms with Gasteiger partial charge in [-0.2, -0.15) is 11.3 Å². The molecule has 0 aliphatic carbocycles. The predicted octanol–water partition coefficient (Wildman–Crippen LogP) is 5.06. The maximum absolute atomic E-state index is 13.0. The monoisotopic (exact) mass is 412 g/mol. The topological polar surface area (TPSA) is 52.5 Å². The molecule has 154 valence electrons. The van der Waals surface area contributed by atoms with Crippen LogP contribution in [-0.4, -0.2) is 24.7 Å². The molecule has 3 aromatic rings. The Kier molecular flexibility index (Phi) is 6.99. The van der Waals surface area contributed by atoms with Crippen LogP contribution >= 0.6 is 11.3 Å². The van der Waals surface area contributed by atoms with E-state index in [1.165, 1.54) is 0 Å². The average molecular weight is 413 g/mol. The molecule has 0 saturated heterocycles. The minimum Gasteiger partial charge on any atom is -0.493 e. The second kappa shape index (κ2) is 9.65. The second-order valence-electron chi connectivity index (χ2n) is 7.31. The van der Waals surface area contributed by atoms with Gasteiger partial charge in [0.05, 0.1) is 32.7 Å². The average Bonchev–Trinajstić information content (AvgIpc) is 3.44. The third-order valence-corrected chi connectivity index (χ3v) is 5.75. The maximum Gasteiger partial charge on any atom is 0.222 e. The first-order chi connectivity index (χ1) is 14.0. The van der Waals surface area contributed by atoms with Crippen LogP contribution in [0.25, 0.3) is 0 Å². The number of thiophene rings is 1. The molecule has 0 bridgehead atoms. The van der Waals surface area contributed by atoms with Crippen molar-refractivity contribution < 1.29 is 14.3 Å². The van der Waals surface area contributed by atoms with Crippen LogP contribution < -0.4 is 14.8 Å². The molecule has 1 amide bonds. The van der Waals surface area contributed by atoms with E-state index in [0.29, 0.717) is 17.9 Å². The van der Waals surface area contributed by atoms with E-state index in [0.717, 1.165) is 11.1 Å². The third kappa shape index (κ3) is 5.01. The van der Waals surface area contributed by atoms with Gasteiger partial charge < -0.3 is 19.4 Å². The Bertz CT molecular complexity index is 870. The van der Waals surface area contributed by atoms with Gasteiger partial charge in [-0.15, -0.1) is 0 Å². The summed E-state index contributed by atoms with van der Waals surface area (Å²) in [5, 5.41) is 7.38. The molecule has 0 fully saturated rings. The number of hydrogen-bond donors (Lipinski definition) is 1. The van der Waals surface area contributed by atoms with E-state index in [9.17, 15) is 4.79 Å². The van der Waals surface area contributed by atoms with Gasteiger partial charge in [0.15, 0.2) is 11.5 Å². The first-order valence-electron chi connectivity index (χ1n) is 9.69. The number of aromatic nitrogens is 1. The van der Waals surface area contributed by atoms with Gasteiger partial charge in [-0.3, -0.25) is 4.79 Å². The number of amides is 1. The van der Waals surface area contributed by atoms with Crippen LogP contribution in [0.2, 0.25) is 0 Å². The predicted molar refractivity (Wildman–Crippen MR) is 117 cm³/mol. The van der Waals surface area contributed by atoms with E-state index in [1.54, 1.807) is 25.6 Å². The highest BCUT2D eigenvalue weighted by atomic mass is 32.1. The van der Waals surface area contributed by atoms with Crippen LogP contribution in [0, 0.1) is 5.92 Å². The molecule has 2 heterocycles. The number of nitrogens with zero attached hydrogens (tertiary/aromatic N) is 1. The zero-order valence-corrected chi connectivity index (χ0v) is 18.1. The molecule has 0 spiro atoms. The fourth-order valence-corrected chi connectivity index (χ4v) is 4.21. The molecule has 2 aromatic heterocycles. The summed E-state index contributed by atoms with van der Waals surface area (Å²) >= 11 is 1.64. The highest BCUT2D eigenvalue weighted by Gasteiger charge is 2.23. The molecule has 6 heteroatoms. The number of hydrogen-bond acceptors (Lipinski definition) is 4. The first-order valence-corrected chi connectivity index (χ1v) is 10.6. The Balaban J connectivity index is 1.79. The Morgan fingerprint density at radius 2 is 1.79 bits per heavy atom. The van der Waals surface area contributed by atoms with Crippen molar-refractivity contribution in [2.45, 2.75) is 32.4 Å². The van der Waals surface area contributed by atoms with Gasteiger partial charge in [-0.25, -0.2) is 0 Å². The summed E-state index contributed by atoms with van der Waals surface area (Å²) in [5.41, 5.74) is 2.15. The Labute approximate surface area is 176 Å². The van der Waals surface area contributed by atoms with Crippen LogP contribution in [-0.2, 0) is 4.79 Å². The summed E-state index contributed by atoms with van der Waals surface area (Å²) in [6, 6.07) is 11.7. The van der Waals surface area contributed by atoms with Gasteiger partial charge in [0.1, 0.15) is 0 Å². The van der Waals surface area contributed by atoms with Gasteiger partial charge in [-0.1, -0.05) is 19.9 Å². The number of nitrogens with one attached hydrogen (secondary N) is 1. The second-order valence-corrected chi connectivity index (χ2v) is 8.09. The standard InChI is InChI=1S/C23H28N2O3S/c1-16(2)23(17-7-8-20(27-3)21(13-17)28-4)24-22(26)14-19(18-9-12-29-15-18)25-10-5-6-11-25/h5-13,15-16,19,23H,14H2,1-4H3,(H,24,26)/t19-,23-/m0/s1. The number of rotatable bonds is 9. The smallest absolute Gasteiger partial charge is 0.222 e. The Morgan fingerprint density at radius 3 is 2.38 bits per heavy atom. The maximum atomic E-state index is 13.0. The fourth-order valence-electron chi connectivity index (χ4n) is 3.50. The quantitative estimate of drug-likeness (QED) is 0.534. The molecular weight excluding hydrogens is 384 g/mol. The van der Waals surface area contributed by atoms with Crippen molar-refractivity contribution >= 4 is 17.2 Å². The molecule has 0 unspecified atom stereocenters. The van der Waals surface area contributed by atoms with E-state index in [-0.39, 0.29) is 23.9 Å². The largest absolute Gasteiger partial charge is 0.493 e. The van der Waals surface area contributed by atoms with Crippen LogP contribution in [0.3, 0.4) is 0 Å². The van der Waals surface area contributed by atoms with Crippen molar-refractivity contribution in [2.75, 3.05) is 14.2 Å².